The molecule has 1 heterocycles. The van der Waals surface area contributed by atoms with E-state index in [0.29, 0.717) is 6.42 Å². The lowest BCUT2D eigenvalue weighted by molar-refractivity contribution is -0.0386. The van der Waals surface area contributed by atoms with Crippen molar-refractivity contribution in [2.24, 2.45) is 5.92 Å². The van der Waals surface area contributed by atoms with E-state index in [-0.39, 0.29) is 5.92 Å². The Morgan fingerprint density at radius 2 is 1.86 bits per heavy atom. The first-order valence-electron chi connectivity index (χ1n) is 8.28. The lowest BCUT2D eigenvalue weighted by atomic mass is 9.79. The molecule has 1 saturated heterocycles. The van der Waals surface area contributed by atoms with Gasteiger partial charge in [0.15, 0.2) is 0 Å². The second-order valence-electron chi connectivity index (χ2n) is 6.48. The zero-order chi connectivity index (χ0) is 16.2. The Bertz CT molecular complexity index is 472. The van der Waals surface area contributed by atoms with Gasteiger partial charge in [-0.3, -0.25) is 0 Å². The summed E-state index contributed by atoms with van der Waals surface area (Å²) in [4.78, 5) is 4.81. The number of para-hydroxylation sites is 1. The van der Waals surface area contributed by atoms with E-state index in [1.807, 2.05) is 31.2 Å². The number of hydrogen-bond donors (Lipinski definition) is 1. The summed E-state index contributed by atoms with van der Waals surface area (Å²) in [5, 5.41) is 11.3. The van der Waals surface area contributed by atoms with Crippen LogP contribution in [0.2, 0.25) is 0 Å². The van der Waals surface area contributed by atoms with Gasteiger partial charge in [-0.2, -0.15) is 0 Å². The van der Waals surface area contributed by atoms with E-state index in [9.17, 15) is 5.11 Å². The number of rotatable bonds is 6. The van der Waals surface area contributed by atoms with E-state index >= 15 is 0 Å². The van der Waals surface area contributed by atoms with Gasteiger partial charge in [0.2, 0.25) is 0 Å². The highest BCUT2D eigenvalue weighted by Gasteiger charge is 2.37. The van der Waals surface area contributed by atoms with Crippen LogP contribution in [0.25, 0.3) is 0 Å². The highest BCUT2D eigenvalue weighted by molar-refractivity contribution is 5.38. The predicted molar refractivity (Wildman–Crippen MR) is 90.3 cm³/mol. The van der Waals surface area contributed by atoms with Gasteiger partial charge < -0.3 is 19.6 Å². The summed E-state index contributed by atoms with van der Waals surface area (Å²) in [6.45, 7) is 9.47. The lowest BCUT2D eigenvalue weighted by Gasteiger charge is -2.40. The number of hydrogen-bond acceptors (Lipinski definition) is 4. The predicted octanol–water partition coefficient (Wildman–Crippen LogP) is 2.18. The molecule has 1 aromatic carbocycles. The van der Waals surface area contributed by atoms with Gasteiger partial charge in [0, 0.05) is 44.2 Å². The number of nitrogens with zero attached hydrogens (tertiary/aromatic N) is 2. The van der Waals surface area contributed by atoms with Gasteiger partial charge in [0.1, 0.15) is 5.75 Å². The molecule has 0 radical (unpaired) electrons. The van der Waals surface area contributed by atoms with Crippen molar-refractivity contribution in [1.82, 2.24) is 9.80 Å². The molecule has 1 aromatic rings. The second kappa shape index (κ2) is 7.44. The first kappa shape index (κ1) is 17.3. The fourth-order valence-corrected chi connectivity index (χ4v) is 3.38. The molecule has 1 N–H and O–H groups in total. The van der Waals surface area contributed by atoms with Crippen LogP contribution in [0, 0.1) is 5.92 Å². The molecule has 0 amide bonds. The number of likely N-dealkylation sites (N-methyl/N-ethyl adjacent to an activating group) is 1. The average molecular weight is 306 g/mol. The van der Waals surface area contributed by atoms with Gasteiger partial charge in [0.25, 0.3) is 0 Å². The van der Waals surface area contributed by atoms with Gasteiger partial charge in [-0.25, -0.2) is 0 Å². The van der Waals surface area contributed by atoms with Crippen molar-refractivity contribution in [2.75, 3.05) is 46.9 Å². The largest absolute Gasteiger partial charge is 0.496 e. The van der Waals surface area contributed by atoms with E-state index in [1.165, 1.54) is 0 Å². The molecule has 2 unspecified atom stereocenters. The molecular formula is C18H30N2O2. The van der Waals surface area contributed by atoms with Crippen LogP contribution in [0.3, 0.4) is 0 Å². The monoisotopic (exact) mass is 306 g/mol. The van der Waals surface area contributed by atoms with E-state index < -0.39 is 5.60 Å². The molecule has 1 aliphatic rings. The summed E-state index contributed by atoms with van der Waals surface area (Å²) in [6.07, 6.45) is 0.683. The smallest absolute Gasteiger partial charge is 0.124 e. The third-order valence-corrected chi connectivity index (χ3v) is 5.06. The first-order valence-corrected chi connectivity index (χ1v) is 8.28. The highest BCUT2D eigenvalue weighted by Crippen LogP contribution is 2.38. The van der Waals surface area contributed by atoms with Crippen LogP contribution in [-0.2, 0) is 5.60 Å². The molecule has 0 aliphatic carbocycles. The van der Waals surface area contributed by atoms with Gasteiger partial charge in [-0.1, -0.05) is 32.0 Å². The van der Waals surface area contributed by atoms with Gasteiger partial charge in [0.05, 0.1) is 12.7 Å². The Morgan fingerprint density at radius 3 is 2.45 bits per heavy atom. The van der Waals surface area contributed by atoms with Crippen molar-refractivity contribution in [3.63, 3.8) is 0 Å². The Hall–Kier alpha value is -1.10. The zero-order valence-electron chi connectivity index (χ0n) is 14.4. The Morgan fingerprint density at radius 1 is 1.23 bits per heavy atom. The highest BCUT2D eigenvalue weighted by atomic mass is 16.5. The topological polar surface area (TPSA) is 35.9 Å². The van der Waals surface area contributed by atoms with Crippen LogP contribution in [0.4, 0.5) is 0 Å². The van der Waals surface area contributed by atoms with Crippen LogP contribution < -0.4 is 4.74 Å². The zero-order valence-corrected chi connectivity index (χ0v) is 14.4. The fourth-order valence-electron chi connectivity index (χ4n) is 3.38. The van der Waals surface area contributed by atoms with Crippen molar-refractivity contribution in [1.29, 1.82) is 0 Å². The molecule has 124 valence electrons. The van der Waals surface area contributed by atoms with Crippen LogP contribution in [0.15, 0.2) is 24.3 Å². The SMILES string of the molecule is CCC(O)(c1ccccc1OC)C(C)CN1CCN(C)CC1. The minimum absolute atomic E-state index is 0.150. The Kier molecular flexibility index (Phi) is 5.84. The van der Waals surface area contributed by atoms with Crippen LogP contribution in [-0.4, -0.2) is 61.8 Å². The fraction of sp³-hybridized carbons (Fsp3) is 0.667. The van der Waals surface area contributed by atoms with Crippen LogP contribution in [0.1, 0.15) is 25.8 Å². The molecule has 1 fully saturated rings. The van der Waals surface area contributed by atoms with Gasteiger partial charge >= 0.3 is 0 Å². The van der Waals surface area contributed by atoms with E-state index in [2.05, 4.69) is 23.8 Å². The van der Waals surface area contributed by atoms with E-state index in [4.69, 9.17) is 4.74 Å². The summed E-state index contributed by atoms with van der Waals surface area (Å²) in [6, 6.07) is 7.84. The van der Waals surface area contributed by atoms with E-state index in [1.54, 1.807) is 7.11 Å². The third-order valence-electron chi connectivity index (χ3n) is 5.06. The van der Waals surface area contributed by atoms with E-state index in [0.717, 1.165) is 44.0 Å². The molecule has 0 spiro atoms. The molecule has 2 atom stereocenters. The summed E-state index contributed by atoms with van der Waals surface area (Å²) in [7, 11) is 3.83. The van der Waals surface area contributed by atoms with Gasteiger partial charge in [-0.15, -0.1) is 0 Å². The summed E-state index contributed by atoms with van der Waals surface area (Å²) < 4.78 is 5.47. The van der Waals surface area contributed by atoms with Crippen molar-refractivity contribution in [3.05, 3.63) is 29.8 Å². The summed E-state index contributed by atoms with van der Waals surface area (Å²) >= 11 is 0. The quantitative estimate of drug-likeness (QED) is 0.874. The summed E-state index contributed by atoms with van der Waals surface area (Å²) in [5.41, 5.74) is 0.0530. The molecule has 0 aromatic heterocycles. The molecule has 1 aliphatic heterocycles. The molecule has 0 saturated carbocycles. The third kappa shape index (κ3) is 3.62. The van der Waals surface area contributed by atoms with Crippen molar-refractivity contribution in [2.45, 2.75) is 25.9 Å². The lowest BCUT2D eigenvalue weighted by Crippen LogP contribution is -2.48. The molecule has 0 bridgehead atoms. The molecule has 4 heteroatoms. The maximum absolute atomic E-state index is 11.3. The Labute approximate surface area is 134 Å². The van der Waals surface area contributed by atoms with Crippen LogP contribution >= 0.6 is 0 Å². The molecule has 4 nitrogen and oxygen atoms in total. The molecular weight excluding hydrogens is 276 g/mol. The minimum atomic E-state index is -0.851. The maximum Gasteiger partial charge on any atom is 0.124 e. The summed E-state index contributed by atoms with van der Waals surface area (Å²) in [5.74, 6) is 0.925. The Balaban J connectivity index is 2.14. The number of aliphatic hydroxyl groups is 1. The first-order chi connectivity index (χ1) is 10.5. The minimum Gasteiger partial charge on any atom is -0.496 e. The average Bonchev–Trinajstić information content (AvgIpc) is 2.56. The number of ether oxygens (including phenoxy) is 1. The normalized spacial score (nSPS) is 21.3. The van der Waals surface area contributed by atoms with Crippen molar-refractivity contribution in [3.8, 4) is 5.75 Å². The van der Waals surface area contributed by atoms with Gasteiger partial charge in [-0.05, 0) is 19.5 Å². The standard InChI is InChI=1S/C18H30N2O2/c1-5-18(21,16-8-6-7-9-17(16)22-4)15(2)14-20-12-10-19(3)11-13-20/h6-9,15,21H,5,10-14H2,1-4H3. The molecule has 2 rings (SSSR count). The van der Waals surface area contributed by atoms with Crippen molar-refractivity contribution >= 4 is 0 Å². The maximum atomic E-state index is 11.3. The van der Waals surface area contributed by atoms with Crippen LogP contribution in [0.5, 0.6) is 5.75 Å². The number of methoxy groups -OCH3 is 1. The molecule has 22 heavy (non-hydrogen) atoms. The number of piperazine rings is 1. The second-order valence-corrected chi connectivity index (χ2v) is 6.48. The van der Waals surface area contributed by atoms with Crippen molar-refractivity contribution < 1.29 is 9.84 Å². The number of benzene rings is 1.